The molecule has 1 unspecified atom stereocenters. The highest BCUT2D eigenvalue weighted by atomic mass is 16.5. The second kappa shape index (κ2) is 11.5. The minimum atomic E-state index is -0.852. The maximum Gasteiger partial charge on any atom is 0.300 e. The van der Waals surface area contributed by atoms with Crippen LogP contribution in [-0.2, 0) is 16.2 Å². The first-order valence-electron chi connectivity index (χ1n) is 13.2. The fourth-order valence-electron chi connectivity index (χ4n) is 4.86. The van der Waals surface area contributed by atoms with E-state index in [4.69, 9.17) is 9.47 Å². The number of carbonyl (C=O) groups excluding carboxylic acids is 2. The molecule has 1 amide bonds. The monoisotopic (exact) mass is 533 g/mol. The molecule has 0 saturated carbocycles. The molecule has 1 heterocycles. The fraction of sp³-hybridized carbons (Fsp3) is 0.176. The van der Waals surface area contributed by atoms with E-state index in [-0.39, 0.29) is 17.4 Å². The van der Waals surface area contributed by atoms with E-state index in [2.05, 4.69) is 0 Å². The Morgan fingerprint density at radius 2 is 1.57 bits per heavy atom. The van der Waals surface area contributed by atoms with Gasteiger partial charge in [-0.2, -0.15) is 0 Å². The molecule has 1 saturated heterocycles. The van der Waals surface area contributed by atoms with E-state index >= 15 is 0 Å². The Balaban J connectivity index is 1.59. The number of aliphatic hydroxyl groups excluding tert-OH is 1. The molecular formula is C34H31NO5. The van der Waals surface area contributed by atoms with Crippen molar-refractivity contribution in [2.75, 3.05) is 4.90 Å². The third-order valence-electron chi connectivity index (χ3n) is 6.71. The number of ether oxygens (including phenoxy) is 2. The van der Waals surface area contributed by atoms with Crippen LogP contribution in [0.25, 0.3) is 5.76 Å². The third kappa shape index (κ3) is 5.47. The second-order valence-electron chi connectivity index (χ2n) is 10.00. The van der Waals surface area contributed by atoms with Crippen molar-refractivity contribution in [3.05, 3.63) is 131 Å². The molecule has 0 radical (unpaired) electrons. The van der Waals surface area contributed by atoms with Gasteiger partial charge >= 0.3 is 0 Å². The number of hydrogen-bond donors (Lipinski definition) is 1. The molecule has 0 spiro atoms. The normalized spacial score (nSPS) is 16.4. The molecule has 4 aromatic carbocycles. The minimum absolute atomic E-state index is 0.00858. The zero-order valence-corrected chi connectivity index (χ0v) is 22.7. The fourth-order valence-corrected chi connectivity index (χ4v) is 4.86. The van der Waals surface area contributed by atoms with E-state index in [1.165, 1.54) is 4.90 Å². The van der Waals surface area contributed by atoms with Gasteiger partial charge in [-0.1, -0.05) is 60.7 Å². The number of Topliss-reactive ketones (excluding diaryl/α,β-unsaturated/α-hetero) is 1. The summed E-state index contributed by atoms with van der Waals surface area (Å²) in [5, 5.41) is 11.5. The summed E-state index contributed by atoms with van der Waals surface area (Å²) in [6.07, 6.45) is -0.00858. The Kier molecular flexibility index (Phi) is 7.69. The van der Waals surface area contributed by atoms with Gasteiger partial charge in [-0.25, -0.2) is 0 Å². The van der Waals surface area contributed by atoms with E-state index in [9.17, 15) is 14.7 Å². The molecular weight excluding hydrogens is 502 g/mol. The molecule has 1 N–H and O–H groups in total. The Bertz CT molecular complexity index is 1560. The van der Waals surface area contributed by atoms with Gasteiger partial charge in [-0.05, 0) is 79.9 Å². The molecule has 1 aliphatic rings. The molecule has 1 aliphatic heterocycles. The van der Waals surface area contributed by atoms with Crippen molar-refractivity contribution in [2.45, 2.75) is 39.5 Å². The maximum atomic E-state index is 13.5. The lowest BCUT2D eigenvalue weighted by Gasteiger charge is -2.26. The summed E-state index contributed by atoms with van der Waals surface area (Å²) in [7, 11) is 0. The number of aliphatic hydroxyl groups is 1. The van der Waals surface area contributed by atoms with Crippen LogP contribution in [0.5, 0.6) is 11.5 Å². The number of anilines is 1. The lowest BCUT2D eigenvalue weighted by Crippen LogP contribution is -2.29. The lowest BCUT2D eigenvalue weighted by atomic mass is 9.94. The zero-order chi connectivity index (χ0) is 28.2. The predicted molar refractivity (Wildman–Crippen MR) is 155 cm³/mol. The van der Waals surface area contributed by atoms with Crippen molar-refractivity contribution in [3.63, 3.8) is 0 Å². The van der Waals surface area contributed by atoms with Crippen molar-refractivity contribution in [1.29, 1.82) is 0 Å². The van der Waals surface area contributed by atoms with Crippen LogP contribution in [-0.4, -0.2) is 22.9 Å². The van der Waals surface area contributed by atoms with Crippen LogP contribution in [0, 0.1) is 6.92 Å². The number of rotatable bonds is 8. The number of para-hydroxylation sites is 1. The highest BCUT2D eigenvalue weighted by Crippen LogP contribution is 2.43. The molecule has 5 rings (SSSR count). The van der Waals surface area contributed by atoms with Crippen LogP contribution in [0.3, 0.4) is 0 Å². The summed E-state index contributed by atoms with van der Waals surface area (Å²) in [5.41, 5.74) is 3.48. The molecule has 0 bridgehead atoms. The largest absolute Gasteiger partial charge is 0.507 e. The minimum Gasteiger partial charge on any atom is -0.507 e. The summed E-state index contributed by atoms with van der Waals surface area (Å²) >= 11 is 0. The first-order chi connectivity index (χ1) is 19.3. The van der Waals surface area contributed by atoms with Gasteiger partial charge in [-0.3, -0.25) is 14.5 Å². The molecule has 0 aromatic heterocycles. The predicted octanol–water partition coefficient (Wildman–Crippen LogP) is 6.99. The van der Waals surface area contributed by atoms with Crippen LogP contribution in [0.4, 0.5) is 5.69 Å². The number of hydrogen-bond acceptors (Lipinski definition) is 5. The molecule has 6 heteroatoms. The Hall–Kier alpha value is -4.84. The quantitative estimate of drug-likeness (QED) is 0.150. The van der Waals surface area contributed by atoms with Crippen molar-refractivity contribution >= 4 is 23.1 Å². The average Bonchev–Trinajstić information content (AvgIpc) is 3.23. The van der Waals surface area contributed by atoms with Crippen LogP contribution >= 0.6 is 0 Å². The van der Waals surface area contributed by atoms with Gasteiger partial charge in [-0.15, -0.1) is 0 Å². The topological polar surface area (TPSA) is 76.1 Å². The Labute approximate surface area is 234 Å². The summed E-state index contributed by atoms with van der Waals surface area (Å²) in [6.45, 7) is 6.13. The number of nitrogens with zero attached hydrogens (tertiary/aromatic N) is 1. The standard InChI is InChI=1S/C34H31NO5/c1-22(2)40-29-18-17-26(19-23(29)3)32(36)30-31(35(34(38)33(30)37)27-14-8-5-9-15-27)25-13-10-16-28(20-25)39-21-24-11-6-4-7-12-24/h4-20,22,31,36H,21H2,1-3H3/b32-30+. The second-order valence-corrected chi connectivity index (χ2v) is 10.00. The summed E-state index contributed by atoms with van der Waals surface area (Å²) in [4.78, 5) is 28.4. The number of carbonyl (C=O) groups is 2. The van der Waals surface area contributed by atoms with Gasteiger partial charge < -0.3 is 14.6 Å². The van der Waals surface area contributed by atoms with Crippen molar-refractivity contribution in [1.82, 2.24) is 0 Å². The summed E-state index contributed by atoms with van der Waals surface area (Å²) in [5.74, 6) is -0.411. The van der Waals surface area contributed by atoms with E-state index < -0.39 is 17.7 Å². The van der Waals surface area contributed by atoms with Crippen LogP contribution < -0.4 is 14.4 Å². The molecule has 4 aromatic rings. The first kappa shape index (κ1) is 26.8. The highest BCUT2D eigenvalue weighted by molar-refractivity contribution is 6.51. The van der Waals surface area contributed by atoms with Gasteiger partial charge in [0, 0.05) is 11.3 Å². The van der Waals surface area contributed by atoms with Crippen LogP contribution in [0.2, 0.25) is 0 Å². The van der Waals surface area contributed by atoms with Crippen molar-refractivity contribution in [2.24, 2.45) is 0 Å². The maximum absolute atomic E-state index is 13.5. The number of amides is 1. The number of ketones is 1. The Morgan fingerprint density at radius 3 is 2.25 bits per heavy atom. The van der Waals surface area contributed by atoms with Gasteiger partial charge in [0.1, 0.15) is 23.9 Å². The SMILES string of the molecule is Cc1cc(/C(O)=C2\C(=O)C(=O)N(c3ccccc3)C2c2cccc(OCc3ccccc3)c2)ccc1OC(C)C. The number of benzene rings is 4. The third-order valence-corrected chi connectivity index (χ3v) is 6.71. The summed E-state index contributed by atoms with van der Waals surface area (Å²) in [6, 6.07) is 30.5. The average molecular weight is 534 g/mol. The first-order valence-corrected chi connectivity index (χ1v) is 13.2. The van der Waals surface area contributed by atoms with Crippen LogP contribution in [0.1, 0.15) is 42.1 Å². The zero-order valence-electron chi connectivity index (χ0n) is 22.7. The summed E-state index contributed by atoms with van der Waals surface area (Å²) < 4.78 is 11.9. The van der Waals surface area contributed by atoms with E-state index in [1.807, 2.05) is 93.6 Å². The van der Waals surface area contributed by atoms with E-state index in [0.29, 0.717) is 34.9 Å². The molecule has 0 aliphatic carbocycles. The highest BCUT2D eigenvalue weighted by Gasteiger charge is 2.47. The van der Waals surface area contributed by atoms with Gasteiger partial charge in [0.2, 0.25) is 0 Å². The van der Waals surface area contributed by atoms with Crippen molar-refractivity contribution < 1.29 is 24.2 Å². The van der Waals surface area contributed by atoms with Gasteiger partial charge in [0.05, 0.1) is 17.7 Å². The lowest BCUT2D eigenvalue weighted by molar-refractivity contribution is -0.132. The molecule has 1 fully saturated rings. The number of aryl methyl sites for hydroxylation is 1. The smallest absolute Gasteiger partial charge is 0.300 e. The van der Waals surface area contributed by atoms with E-state index in [0.717, 1.165) is 11.1 Å². The Morgan fingerprint density at radius 1 is 0.875 bits per heavy atom. The van der Waals surface area contributed by atoms with E-state index in [1.54, 1.807) is 30.3 Å². The molecule has 202 valence electrons. The van der Waals surface area contributed by atoms with Crippen molar-refractivity contribution in [3.8, 4) is 11.5 Å². The van der Waals surface area contributed by atoms with Gasteiger partial charge in [0.15, 0.2) is 0 Å². The van der Waals surface area contributed by atoms with Crippen LogP contribution in [0.15, 0.2) is 109 Å². The molecule has 6 nitrogen and oxygen atoms in total. The molecule has 1 atom stereocenters. The van der Waals surface area contributed by atoms with Gasteiger partial charge in [0.25, 0.3) is 11.7 Å². The molecule has 40 heavy (non-hydrogen) atoms.